The number of carbonyl (C=O) groups excluding carboxylic acids is 1. The van der Waals surface area contributed by atoms with Crippen molar-refractivity contribution in [3.63, 3.8) is 0 Å². The van der Waals surface area contributed by atoms with Gasteiger partial charge in [0.2, 0.25) is 5.91 Å². The van der Waals surface area contributed by atoms with Gasteiger partial charge < -0.3 is 40.3 Å². The largest absolute Gasteiger partial charge is 0.394 e. The Morgan fingerprint density at radius 3 is 1.77 bits per heavy atom. The quantitative estimate of drug-likeness (QED) is 0.0302. The van der Waals surface area contributed by atoms with E-state index in [1.807, 2.05) is 6.08 Å². The highest BCUT2D eigenvalue weighted by Gasteiger charge is 2.44. The van der Waals surface area contributed by atoms with Crippen molar-refractivity contribution in [3.05, 3.63) is 72.9 Å². The minimum absolute atomic E-state index is 0.210. The van der Waals surface area contributed by atoms with Crippen LogP contribution in [0.25, 0.3) is 0 Å². The molecule has 0 aromatic rings. The minimum atomic E-state index is -1.58. The van der Waals surface area contributed by atoms with Gasteiger partial charge in [-0.05, 0) is 77.0 Å². The van der Waals surface area contributed by atoms with Crippen molar-refractivity contribution in [3.8, 4) is 0 Å². The standard InChI is InChI=1S/C44H75NO8/c1-3-5-7-9-11-13-15-16-17-18-19-20-21-22-24-26-28-30-32-34-40(48)45-37(36-52-44-43(51)42(50)41(49)39(35-46)53-44)38(47)33-31-29-27-25-23-14-12-10-8-6-4-2/h8,10-11,13,16-17,19-20,23,25,31,33,37-39,41-44,46-47,49-51H,3-7,9,12,14-15,18,21-22,24,26-30,32,34-36H2,1-2H3,(H,45,48)/b10-8+,13-11-,17-16-,20-19-,25-23+,33-31+. The molecule has 53 heavy (non-hydrogen) atoms. The molecule has 1 heterocycles. The van der Waals surface area contributed by atoms with Crippen LogP contribution in [0.15, 0.2) is 72.9 Å². The number of amides is 1. The molecule has 7 atom stereocenters. The molecular formula is C44H75NO8. The number of unbranched alkanes of at least 4 members (excludes halogenated alkanes) is 12. The molecule has 1 aliphatic heterocycles. The van der Waals surface area contributed by atoms with Gasteiger partial charge in [-0.15, -0.1) is 0 Å². The highest BCUT2D eigenvalue weighted by atomic mass is 16.7. The van der Waals surface area contributed by atoms with Crippen LogP contribution >= 0.6 is 0 Å². The number of aliphatic hydroxyl groups is 5. The zero-order valence-electron chi connectivity index (χ0n) is 33.0. The Kier molecular flexibility index (Phi) is 31.3. The van der Waals surface area contributed by atoms with Gasteiger partial charge in [0.15, 0.2) is 6.29 Å². The van der Waals surface area contributed by atoms with Gasteiger partial charge in [-0.1, -0.05) is 132 Å². The molecule has 9 nitrogen and oxygen atoms in total. The molecule has 1 saturated heterocycles. The van der Waals surface area contributed by atoms with Crippen LogP contribution in [0, 0.1) is 0 Å². The molecule has 304 valence electrons. The number of nitrogens with one attached hydrogen (secondary N) is 1. The van der Waals surface area contributed by atoms with E-state index in [9.17, 15) is 30.3 Å². The molecule has 0 aliphatic carbocycles. The average Bonchev–Trinajstić information content (AvgIpc) is 3.16. The van der Waals surface area contributed by atoms with Crippen LogP contribution < -0.4 is 5.32 Å². The van der Waals surface area contributed by atoms with E-state index in [0.29, 0.717) is 6.42 Å². The maximum Gasteiger partial charge on any atom is 0.220 e. The second-order valence-corrected chi connectivity index (χ2v) is 14.1. The second-order valence-electron chi connectivity index (χ2n) is 14.1. The highest BCUT2D eigenvalue weighted by molar-refractivity contribution is 5.76. The number of aliphatic hydroxyl groups excluding tert-OH is 5. The lowest BCUT2D eigenvalue weighted by molar-refractivity contribution is -0.302. The first-order valence-corrected chi connectivity index (χ1v) is 20.7. The molecule has 1 amide bonds. The third-order valence-corrected chi connectivity index (χ3v) is 9.21. The van der Waals surface area contributed by atoms with E-state index in [0.717, 1.165) is 96.3 Å². The van der Waals surface area contributed by atoms with Gasteiger partial charge in [0.1, 0.15) is 24.4 Å². The molecule has 7 unspecified atom stereocenters. The lowest BCUT2D eigenvalue weighted by Crippen LogP contribution is -2.60. The molecule has 0 radical (unpaired) electrons. The number of ether oxygens (including phenoxy) is 2. The van der Waals surface area contributed by atoms with Crippen molar-refractivity contribution >= 4 is 5.91 Å². The summed E-state index contributed by atoms with van der Waals surface area (Å²) in [5.41, 5.74) is 0. The first-order valence-electron chi connectivity index (χ1n) is 20.7. The van der Waals surface area contributed by atoms with Gasteiger partial charge in [0, 0.05) is 6.42 Å². The van der Waals surface area contributed by atoms with E-state index >= 15 is 0 Å². The van der Waals surface area contributed by atoms with Crippen LogP contribution in [0.4, 0.5) is 0 Å². The van der Waals surface area contributed by atoms with Crippen LogP contribution in [0.2, 0.25) is 0 Å². The van der Waals surface area contributed by atoms with Crippen LogP contribution in [0.3, 0.4) is 0 Å². The lowest BCUT2D eigenvalue weighted by Gasteiger charge is -2.40. The van der Waals surface area contributed by atoms with E-state index < -0.39 is 49.5 Å². The maximum atomic E-state index is 12.9. The fourth-order valence-corrected chi connectivity index (χ4v) is 5.85. The summed E-state index contributed by atoms with van der Waals surface area (Å²) < 4.78 is 11.1. The van der Waals surface area contributed by atoms with Crippen LogP contribution in [-0.2, 0) is 14.3 Å². The highest BCUT2D eigenvalue weighted by Crippen LogP contribution is 2.22. The molecular weight excluding hydrogens is 670 g/mol. The van der Waals surface area contributed by atoms with Crippen molar-refractivity contribution in [2.75, 3.05) is 13.2 Å². The van der Waals surface area contributed by atoms with Crippen LogP contribution in [0.5, 0.6) is 0 Å². The van der Waals surface area contributed by atoms with E-state index in [1.165, 1.54) is 25.7 Å². The summed E-state index contributed by atoms with van der Waals surface area (Å²) in [6, 6.07) is -0.836. The molecule has 9 heteroatoms. The topological polar surface area (TPSA) is 149 Å². The van der Waals surface area contributed by atoms with Gasteiger partial charge >= 0.3 is 0 Å². The predicted octanol–water partition coefficient (Wildman–Crippen LogP) is 7.83. The molecule has 0 aromatic carbocycles. The summed E-state index contributed by atoms with van der Waals surface area (Å²) in [4.78, 5) is 12.9. The minimum Gasteiger partial charge on any atom is -0.394 e. The number of rotatable bonds is 32. The lowest BCUT2D eigenvalue weighted by atomic mass is 9.99. The first-order chi connectivity index (χ1) is 25.8. The fraction of sp³-hybridized carbons (Fsp3) is 0.705. The first kappa shape index (κ1) is 48.6. The van der Waals surface area contributed by atoms with E-state index in [-0.39, 0.29) is 12.5 Å². The van der Waals surface area contributed by atoms with E-state index in [2.05, 4.69) is 79.9 Å². The molecule has 1 rings (SSSR count). The maximum absolute atomic E-state index is 12.9. The molecule has 0 aromatic heterocycles. The number of allylic oxidation sites excluding steroid dienone is 11. The Balaban J connectivity index is 2.42. The van der Waals surface area contributed by atoms with E-state index in [1.54, 1.807) is 6.08 Å². The Morgan fingerprint density at radius 2 is 1.17 bits per heavy atom. The van der Waals surface area contributed by atoms with Gasteiger partial charge in [-0.2, -0.15) is 0 Å². The van der Waals surface area contributed by atoms with Crippen molar-refractivity contribution in [1.29, 1.82) is 0 Å². The van der Waals surface area contributed by atoms with Gasteiger partial charge in [-0.25, -0.2) is 0 Å². The fourth-order valence-electron chi connectivity index (χ4n) is 5.85. The van der Waals surface area contributed by atoms with Crippen molar-refractivity contribution in [1.82, 2.24) is 5.32 Å². The van der Waals surface area contributed by atoms with Crippen molar-refractivity contribution < 1.29 is 39.8 Å². The molecule has 0 saturated carbocycles. The Labute approximate surface area is 321 Å². The smallest absolute Gasteiger partial charge is 0.220 e. The second kappa shape index (κ2) is 34.1. The summed E-state index contributed by atoms with van der Waals surface area (Å²) >= 11 is 0. The van der Waals surface area contributed by atoms with Gasteiger partial charge in [-0.3, -0.25) is 4.79 Å². The Morgan fingerprint density at radius 1 is 0.642 bits per heavy atom. The Bertz CT molecular complexity index is 1050. The third-order valence-electron chi connectivity index (χ3n) is 9.21. The molecule has 6 N–H and O–H groups in total. The Hall–Kier alpha value is -2.37. The monoisotopic (exact) mass is 746 g/mol. The summed E-state index contributed by atoms with van der Waals surface area (Å²) in [5, 5.41) is 53.9. The van der Waals surface area contributed by atoms with Crippen LogP contribution in [-0.4, -0.2) is 87.5 Å². The van der Waals surface area contributed by atoms with Crippen molar-refractivity contribution in [2.24, 2.45) is 0 Å². The molecule has 1 fully saturated rings. The third kappa shape index (κ3) is 25.4. The molecule has 1 aliphatic rings. The normalized spacial score (nSPS) is 22.4. The predicted molar refractivity (Wildman–Crippen MR) is 216 cm³/mol. The average molecular weight is 746 g/mol. The SMILES string of the molecule is CCC/C=C/CC/C=C/CC/C=C/C(O)C(COC1OC(CO)C(O)C(O)C1O)NC(=O)CCCCCCCC/C=C\C/C=C\C/C=C\CCCCC. The van der Waals surface area contributed by atoms with Gasteiger partial charge in [0.25, 0.3) is 0 Å². The summed E-state index contributed by atoms with van der Waals surface area (Å²) in [6.45, 7) is 3.60. The number of hydrogen-bond acceptors (Lipinski definition) is 8. The summed E-state index contributed by atoms with van der Waals surface area (Å²) in [6.07, 6.45) is 38.0. The molecule has 0 spiro atoms. The van der Waals surface area contributed by atoms with E-state index in [4.69, 9.17) is 9.47 Å². The van der Waals surface area contributed by atoms with Gasteiger partial charge in [0.05, 0.1) is 25.4 Å². The zero-order chi connectivity index (χ0) is 38.8. The summed E-state index contributed by atoms with van der Waals surface area (Å²) in [5.74, 6) is -0.210. The molecule has 0 bridgehead atoms. The number of hydrogen-bond donors (Lipinski definition) is 6. The number of carbonyl (C=O) groups is 1. The van der Waals surface area contributed by atoms with Crippen molar-refractivity contribution in [2.45, 2.75) is 185 Å². The summed E-state index contributed by atoms with van der Waals surface area (Å²) in [7, 11) is 0. The van der Waals surface area contributed by atoms with Crippen LogP contribution in [0.1, 0.15) is 142 Å². The zero-order valence-corrected chi connectivity index (χ0v) is 33.0.